The zero-order valence-electron chi connectivity index (χ0n) is 18.7. The van der Waals surface area contributed by atoms with Crippen molar-refractivity contribution >= 4 is 21.3 Å². The first-order valence-corrected chi connectivity index (χ1v) is 12.2. The topological polar surface area (TPSA) is 105 Å². The molecule has 1 aromatic heterocycles. The molecule has 0 aliphatic carbocycles. The molecule has 2 N–H and O–H groups in total. The number of rotatable bonds is 7. The van der Waals surface area contributed by atoms with Crippen LogP contribution in [0.3, 0.4) is 0 Å². The van der Waals surface area contributed by atoms with Gasteiger partial charge in [0.2, 0.25) is 0 Å². The van der Waals surface area contributed by atoms with Crippen molar-refractivity contribution in [1.82, 2.24) is 10.2 Å². The molecule has 0 saturated carbocycles. The standard InChI is InChI=1S/C23H23F3N4O3S/c1-4-8-15-9-5-6-12-18(15)33-22-19(14(2)20(29-30-22)23(24,25)26)21(31)28-16-10-7-11-17(13-16)34(3,27)32/h5-7,9-13,27H,4,8H2,1-3H3,(H,28,31). The van der Waals surface area contributed by atoms with Gasteiger partial charge < -0.3 is 10.1 Å². The van der Waals surface area contributed by atoms with Gasteiger partial charge in [0.15, 0.2) is 5.69 Å². The number of hydrogen-bond acceptors (Lipinski definition) is 6. The molecule has 7 nitrogen and oxygen atoms in total. The summed E-state index contributed by atoms with van der Waals surface area (Å²) in [6.07, 6.45) is -2.15. The van der Waals surface area contributed by atoms with Crippen LogP contribution in [0, 0.1) is 11.7 Å². The molecule has 0 fully saturated rings. The van der Waals surface area contributed by atoms with E-state index in [1.165, 1.54) is 30.5 Å². The fourth-order valence-electron chi connectivity index (χ4n) is 3.30. The van der Waals surface area contributed by atoms with Crippen molar-refractivity contribution in [3.05, 3.63) is 70.9 Å². The maximum absolute atomic E-state index is 13.5. The van der Waals surface area contributed by atoms with E-state index in [1.54, 1.807) is 18.2 Å². The second kappa shape index (κ2) is 9.80. The summed E-state index contributed by atoms with van der Waals surface area (Å²) in [6, 6.07) is 12.7. The number of carbonyl (C=O) groups excluding carboxylic acids is 1. The molecule has 11 heteroatoms. The largest absolute Gasteiger partial charge is 0.437 e. The number of nitrogens with zero attached hydrogens (tertiary/aromatic N) is 2. The van der Waals surface area contributed by atoms with Gasteiger partial charge in [-0.1, -0.05) is 37.6 Å². The third-order valence-corrected chi connectivity index (χ3v) is 6.07. The minimum Gasteiger partial charge on any atom is -0.437 e. The van der Waals surface area contributed by atoms with E-state index >= 15 is 0 Å². The van der Waals surface area contributed by atoms with E-state index in [1.807, 2.05) is 13.0 Å². The van der Waals surface area contributed by atoms with E-state index < -0.39 is 38.6 Å². The van der Waals surface area contributed by atoms with Crippen LogP contribution in [0.4, 0.5) is 18.9 Å². The molecular formula is C23H23F3N4O3S. The first-order chi connectivity index (χ1) is 15.9. The number of aromatic nitrogens is 2. The Morgan fingerprint density at radius 1 is 1.15 bits per heavy atom. The molecule has 0 saturated heterocycles. The van der Waals surface area contributed by atoms with E-state index in [2.05, 4.69) is 15.5 Å². The first-order valence-electron chi connectivity index (χ1n) is 10.3. The minimum absolute atomic E-state index is 0.159. The number of nitrogens with one attached hydrogen (secondary N) is 2. The summed E-state index contributed by atoms with van der Waals surface area (Å²) >= 11 is 0. The molecule has 0 aliphatic heterocycles. The smallest absolute Gasteiger partial charge is 0.435 e. The normalized spacial score (nSPS) is 13.2. The molecule has 1 unspecified atom stereocenters. The van der Waals surface area contributed by atoms with Crippen molar-refractivity contribution < 1.29 is 26.9 Å². The van der Waals surface area contributed by atoms with Crippen molar-refractivity contribution in [2.75, 3.05) is 11.6 Å². The van der Waals surface area contributed by atoms with E-state index in [4.69, 9.17) is 9.52 Å². The number of carbonyl (C=O) groups is 1. The Balaban J connectivity index is 2.08. The van der Waals surface area contributed by atoms with Gasteiger partial charge >= 0.3 is 6.18 Å². The summed E-state index contributed by atoms with van der Waals surface area (Å²) in [5.41, 5.74) is -1.22. The number of halogens is 3. The van der Waals surface area contributed by atoms with Crippen LogP contribution in [0.25, 0.3) is 0 Å². The molecule has 3 rings (SSSR count). The maximum Gasteiger partial charge on any atom is 0.435 e. The molecule has 0 spiro atoms. The summed E-state index contributed by atoms with van der Waals surface area (Å²) in [5.74, 6) is -0.929. The van der Waals surface area contributed by atoms with Gasteiger partial charge in [0.25, 0.3) is 11.8 Å². The van der Waals surface area contributed by atoms with E-state index in [-0.39, 0.29) is 16.5 Å². The predicted molar refractivity (Wildman–Crippen MR) is 122 cm³/mol. The number of hydrogen-bond donors (Lipinski definition) is 2. The second-order valence-electron chi connectivity index (χ2n) is 7.64. The van der Waals surface area contributed by atoms with Gasteiger partial charge in [-0.15, -0.1) is 10.2 Å². The lowest BCUT2D eigenvalue weighted by molar-refractivity contribution is -0.142. The van der Waals surface area contributed by atoms with Crippen LogP contribution in [0.5, 0.6) is 11.6 Å². The number of para-hydroxylation sites is 1. The summed E-state index contributed by atoms with van der Waals surface area (Å²) in [5, 5.41) is 9.36. The third kappa shape index (κ3) is 5.71. The van der Waals surface area contributed by atoms with Crippen LogP contribution >= 0.6 is 0 Å². The van der Waals surface area contributed by atoms with E-state index in [9.17, 15) is 22.2 Å². The molecule has 34 heavy (non-hydrogen) atoms. The number of aryl methyl sites for hydroxylation is 1. The van der Waals surface area contributed by atoms with Gasteiger partial charge in [-0.3, -0.25) is 4.79 Å². The average molecular weight is 493 g/mol. The van der Waals surface area contributed by atoms with E-state index in [0.717, 1.165) is 18.9 Å². The van der Waals surface area contributed by atoms with Crippen LogP contribution in [0.1, 0.15) is 40.5 Å². The maximum atomic E-state index is 13.5. The number of alkyl halides is 3. The quantitative estimate of drug-likeness (QED) is 0.431. The Labute approximate surface area is 195 Å². The predicted octanol–water partition coefficient (Wildman–Crippen LogP) is 5.84. The highest BCUT2D eigenvalue weighted by molar-refractivity contribution is 7.91. The Morgan fingerprint density at radius 2 is 1.85 bits per heavy atom. The van der Waals surface area contributed by atoms with Crippen molar-refractivity contribution in [3.8, 4) is 11.6 Å². The summed E-state index contributed by atoms with van der Waals surface area (Å²) < 4.78 is 66.0. The molecular weight excluding hydrogens is 469 g/mol. The Hall–Kier alpha value is -3.47. The Morgan fingerprint density at radius 3 is 2.50 bits per heavy atom. The van der Waals surface area contributed by atoms with Gasteiger partial charge in [-0.25, -0.2) is 8.99 Å². The van der Waals surface area contributed by atoms with Gasteiger partial charge in [-0.05, 0) is 48.7 Å². The van der Waals surface area contributed by atoms with Gasteiger partial charge in [0.1, 0.15) is 11.3 Å². The van der Waals surface area contributed by atoms with Crippen molar-refractivity contribution in [1.29, 1.82) is 4.78 Å². The number of amides is 1. The van der Waals surface area contributed by atoms with Crippen LogP contribution in [0.2, 0.25) is 0 Å². The van der Waals surface area contributed by atoms with Crippen molar-refractivity contribution in [2.24, 2.45) is 0 Å². The van der Waals surface area contributed by atoms with Gasteiger partial charge in [-0.2, -0.15) is 13.2 Å². The first kappa shape index (κ1) is 25.2. The highest BCUT2D eigenvalue weighted by Crippen LogP contribution is 2.35. The van der Waals surface area contributed by atoms with Gasteiger partial charge in [0, 0.05) is 16.8 Å². The summed E-state index contributed by atoms with van der Waals surface area (Å²) in [6.45, 7) is 3.09. The SMILES string of the molecule is CCCc1ccccc1Oc1nnc(C(F)(F)F)c(C)c1C(=O)Nc1cccc(S(C)(=N)=O)c1. The summed E-state index contributed by atoms with van der Waals surface area (Å²) in [4.78, 5) is 13.3. The molecule has 0 aliphatic rings. The number of ether oxygens (including phenoxy) is 1. The van der Waals surface area contributed by atoms with Crippen LogP contribution in [0.15, 0.2) is 53.4 Å². The molecule has 1 atom stereocenters. The molecule has 1 amide bonds. The van der Waals surface area contributed by atoms with Crippen LogP contribution in [-0.2, 0) is 22.3 Å². The van der Waals surface area contributed by atoms with Crippen LogP contribution in [-0.4, -0.2) is 26.6 Å². The Bertz CT molecular complexity index is 1330. The van der Waals surface area contributed by atoms with Crippen LogP contribution < -0.4 is 10.1 Å². The fourth-order valence-corrected chi connectivity index (χ4v) is 3.99. The zero-order chi connectivity index (χ0) is 25.1. The molecule has 180 valence electrons. The van der Waals surface area contributed by atoms with E-state index in [0.29, 0.717) is 12.2 Å². The lowest BCUT2D eigenvalue weighted by Crippen LogP contribution is -2.21. The van der Waals surface area contributed by atoms with Crippen molar-refractivity contribution in [2.45, 2.75) is 37.8 Å². The fraction of sp³-hybridized carbons (Fsp3) is 0.261. The molecule has 3 aromatic rings. The zero-order valence-corrected chi connectivity index (χ0v) is 19.5. The number of benzene rings is 2. The second-order valence-corrected chi connectivity index (χ2v) is 9.80. The minimum atomic E-state index is -4.83. The lowest BCUT2D eigenvalue weighted by atomic mass is 10.1. The lowest BCUT2D eigenvalue weighted by Gasteiger charge is -2.17. The average Bonchev–Trinajstić information content (AvgIpc) is 2.74. The monoisotopic (exact) mass is 492 g/mol. The molecule has 1 heterocycles. The number of anilines is 1. The third-order valence-electron chi connectivity index (χ3n) is 4.92. The highest BCUT2D eigenvalue weighted by atomic mass is 32.2. The Kier molecular flexibility index (Phi) is 7.25. The van der Waals surface area contributed by atoms with Gasteiger partial charge in [0.05, 0.1) is 9.73 Å². The molecule has 0 bridgehead atoms. The summed E-state index contributed by atoms with van der Waals surface area (Å²) in [7, 11) is -3.07. The molecule has 2 aromatic carbocycles. The van der Waals surface area contributed by atoms with Crippen molar-refractivity contribution in [3.63, 3.8) is 0 Å². The molecule has 0 radical (unpaired) electrons. The highest BCUT2D eigenvalue weighted by Gasteiger charge is 2.38.